The van der Waals surface area contributed by atoms with Gasteiger partial charge in [-0.05, 0) is 41.5 Å². The van der Waals surface area contributed by atoms with Gasteiger partial charge in [0, 0.05) is 20.1 Å². The number of benzene rings is 3. The van der Waals surface area contributed by atoms with Crippen molar-refractivity contribution in [3.8, 4) is 0 Å². The van der Waals surface area contributed by atoms with E-state index in [1.165, 1.54) is 13.2 Å². The van der Waals surface area contributed by atoms with Gasteiger partial charge in [-0.1, -0.05) is 97.1 Å². The van der Waals surface area contributed by atoms with Crippen LogP contribution in [0.5, 0.6) is 0 Å². The Morgan fingerprint density at radius 1 is 0.902 bits per heavy atom. The number of esters is 1. The average molecular weight is 698 g/mol. The number of fused-ring (bicyclic) bond motifs is 1. The summed E-state index contributed by atoms with van der Waals surface area (Å²) >= 11 is 0. The van der Waals surface area contributed by atoms with Crippen LogP contribution in [0.3, 0.4) is 0 Å². The maximum atomic E-state index is 13.9. The maximum Gasteiger partial charge on any atom is 0.408 e. The van der Waals surface area contributed by atoms with Crippen LogP contribution < -0.4 is 10.6 Å². The number of carbonyl (C=O) groups excluding carboxylic acids is 4. The number of nitrogens with one attached hydrogen (secondary N) is 2. The van der Waals surface area contributed by atoms with Gasteiger partial charge in [0.2, 0.25) is 11.8 Å². The summed E-state index contributed by atoms with van der Waals surface area (Å²) in [4.78, 5) is 55.6. The molecule has 3 amide bonds. The molecule has 3 aromatic rings. The molecule has 0 fully saturated rings. The Morgan fingerprint density at radius 3 is 2.20 bits per heavy atom. The molecule has 1 aliphatic heterocycles. The molecule has 1 heterocycles. The number of carbonyl (C=O) groups is 4. The van der Waals surface area contributed by atoms with Gasteiger partial charge in [-0.25, -0.2) is 9.59 Å². The molecule has 51 heavy (non-hydrogen) atoms. The van der Waals surface area contributed by atoms with E-state index in [0.29, 0.717) is 18.5 Å². The summed E-state index contributed by atoms with van der Waals surface area (Å²) < 4.78 is 16.8. The zero-order chi connectivity index (χ0) is 36.6. The topological polar surface area (TPSA) is 144 Å². The van der Waals surface area contributed by atoms with Crippen LogP contribution in [-0.2, 0) is 48.2 Å². The van der Waals surface area contributed by atoms with Gasteiger partial charge >= 0.3 is 12.1 Å². The predicted molar refractivity (Wildman–Crippen MR) is 192 cm³/mol. The van der Waals surface area contributed by atoms with Crippen molar-refractivity contribution in [1.82, 2.24) is 15.5 Å². The highest BCUT2D eigenvalue weighted by molar-refractivity contribution is 5.86. The Hall–Kier alpha value is -5.26. The zero-order valence-electron chi connectivity index (χ0n) is 28.9. The lowest BCUT2D eigenvalue weighted by Crippen LogP contribution is -2.50. The second kappa shape index (κ2) is 19.8. The third kappa shape index (κ3) is 11.1. The van der Waals surface area contributed by atoms with Crippen molar-refractivity contribution in [2.24, 2.45) is 5.92 Å². The lowest BCUT2D eigenvalue weighted by molar-refractivity contribution is -0.155. The fraction of sp³-hybridized carbons (Fsp3) is 0.350. The Bertz CT molecular complexity index is 1620. The molecule has 0 saturated heterocycles. The number of aliphatic hydroxyl groups excluding tert-OH is 1. The van der Waals surface area contributed by atoms with Crippen LogP contribution in [0.15, 0.2) is 110 Å². The highest BCUT2D eigenvalue weighted by atomic mass is 16.6. The molecule has 0 saturated carbocycles. The van der Waals surface area contributed by atoms with Gasteiger partial charge in [0.1, 0.15) is 18.8 Å². The fourth-order valence-corrected chi connectivity index (χ4v) is 6.06. The van der Waals surface area contributed by atoms with Gasteiger partial charge < -0.3 is 34.9 Å². The second-order valence-corrected chi connectivity index (χ2v) is 12.4. The van der Waals surface area contributed by atoms with Gasteiger partial charge in [-0.15, -0.1) is 13.2 Å². The zero-order valence-corrected chi connectivity index (χ0v) is 28.9. The van der Waals surface area contributed by atoms with Gasteiger partial charge in [0.05, 0.1) is 31.2 Å². The lowest BCUT2D eigenvalue weighted by atomic mass is 9.92. The molecule has 0 aromatic heterocycles. The summed E-state index contributed by atoms with van der Waals surface area (Å²) in [5.41, 5.74) is 3.44. The first-order valence-corrected chi connectivity index (χ1v) is 17.0. The largest absolute Gasteiger partial charge is 0.454 e. The summed E-state index contributed by atoms with van der Waals surface area (Å²) in [6.07, 6.45) is 1.88. The van der Waals surface area contributed by atoms with Crippen molar-refractivity contribution < 1.29 is 38.5 Å². The van der Waals surface area contributed by atoms with Crippen molar-refractivity contribution in [3.05, 3.63) is 132 Å². The van der Waals surface area contributed by atoms with E-state index in [9.17, 15) is 24.3 Å². The monoisotopic (exact) mass is 697 g/mol. The molecule has 5 atom stereocenters. The molecule has 3 aromatic carbocycles. The van der Waals surface area contributed by atoms with Gasteiger partial charge in [-0.3, -0.25) is 9.59 Å². The van der Waals surface area contributed by atoms with E-state index in [1.54, 1.807) is 35.2 Å². The molecule has 0 aliphatic carbocycles. The molecule has 3 N–H and O–H groups in total. The van der Waals surface area contributed by atoms with Crippen LogP contribution in [0, 0.1) is 5.92 Å². The van der Waals surface area contributed by atoms with Gasteiger partial charge in [-0.2, -0.15) is 0 Å². The summed E-state index contributed by atoms with van der Waals surface area (Å²) in [6.45, 7) is 7.61. The summed E-state index contributed by atoms with van der Waals surface area (Å²) in [5.74, 6) is -2.29. The van der Waals surface area contributed by atoms with E-state index < -0.39 is 48.1 Å². The van der Waals surface area contributed by atoms with E-state index in [-0.39, 0.29) is 45.0 Å². The molecule has 270 valence electrons. The Morgan fingerprint density at radius 2 is 1.55 bits per heavy atom. The van der Waals surface area contributed by atoms with Crippen molar-refractivity contribution >= 4 is 23.9 Å². The van der Waals surface area contributed by atoms with Gasteiger partial charge in [0.15, 0.2) is 0 Å². The Balaban J connectivity index is 1.49. The third-order valence-electron chi connectivity index (χ3n) is 8.73. The molecule has 11 heteroatoms. The molecule has 0 unspecified atom stereocenters. The van der Waals surface area contributed by atoms with E-state index in [0.717, 1.165) is 16.7 Å². The number of hydrogen-bond acceptors (Lipinski definition) is 8. The van der Waals surface area contributed by atoms with E-state index in [1.807, 2.05) is 60.7 Å². The fourth-order valence-electron chi connectivity index (χ4n) is 6.06. The van der Waals surface area contributed by atoms with Crippen LogP contribution in [0.2, 0.25) is 0 Å². The lowest BCUT2D eigenvalue weighted by Gasteiger charge is -2.37. The summed E-state index contributed by atoms with van der Waals surface area (Å²) in [6, 6.07) is 23.4. The first kappa shape index (κ1) is 38.5. The van der Waals surface area contributed by atoms with Crippen LogP contribution in [0.1, 0.15) is 47.6 Å². The SMILES string of the molecule is C=CC[C@@H](CC(=O)N1Cc2ccccc2C[C@H]1CO)C(=O)N[C@@H](COC)[C@@H](OC(=O)[C@@H](CC=C)NC(=O)OCc1ccccc1)c1ccccc1. The molecule has 4 rings (SSSR count). The first-order chi connectivity index (χ1) is 24.8. The van der Waals surface area contributed by atoms with Crippen LogP contribution in [0.4, 0.5) is 4.79 Å². The number of nitrogens with zero attached hydrogens (tertiary/aromatic N) is 1. The number of methoxy groups -OCH3 is 1. The van der Waals surface area contributed by atoms with Crippen LogP contribution in [0.25, 0.3) is 0 Å². The van der Waals surface area contributed by atoms with E-state index in [2.05, 4.69) is 23.8 Å². The number of ether oxygens (including phenoxy) is 3. The number of alkyl carbamates (subject to hydrolysis) is 1. The molecule has 0 radical (unpaired) electrons. The minimum Gasteiger partial charge on any atom is -0.454 e. The van der Waals surface area contributed by atoms with Crippen molar-refractivity contribution in [3.63, 3.8) is 0 Å². The third-order valence-corrected chi connectivity index (χ3v) is 8.73. The Kier molecular flexibility index (Phi) is 15.0. The number of allylic oxidation sites excluding steroid dienone is 1. The van der Waals surface area contributed by atoms with Crippen molar-refractivity contribution in [2.75, 3.05) is 20.3 Å². The Labute approximate surface area is 299 Å². The molecule has 1 aliphatic rings. The van der Waals surface area contributed by atoms with Crippen LogP contribution >= 0.6 is 0 Å². The molecule has 0 spiro atoms. The number of hydrogen-bond donors (Lipinski definition) is 3. The number of amides is 3. The van der Waals surface area contributed by atoms with Crippen molar-refractivity contribution in [1.29, 1.82) is 0 Å². The first-order valence-electron chi connectivity index (χ1n) is 17.0. The molecule has 0 bridgehead atoms. The van der Waals surface area contributed by atoms with Gasteiger partial charge in [0.25, 0.3) is 0 Å². The smallest absolute Gasteiger partial charge is 0.408 e. The molecular formula is C40H47N3O8. The number of aliphatic hydroxyl groups is 1. The summed E-state index contributed by atoms with van der Waals surface area (Å²) in [5, 5.41) is 15.6. The predicted octanol–water partition coefficient (Wildman–Crippen LogP) is 4.80. The normalized spacial score (nSPS) is 16.0. The summed E-state index contributed by atoms with van der Waals surface area (Å²) in [7, 11) is 1.46. The quantitative estimate of drug-likeness (QED) is 0.127. The minimum absolute atomic E-state index is 0.0111. The molecule has 11 nitrogen and oxygen atoms in total. The van der Waals surface area contributed by atoms with Crippen molar-refractivity contribution in [2.45, 2.75) is 63.1 Å². The van der Waals surface area contributed by atoms with E-state index in [4.69, 9.17) is 14.2 Å². The standard InChI is InChI=1S/C40H47N3O8/c1-4-14-31(23-36(45)43-24-32-21-13-12-20-30(32)22-33(43)25-44)38(46)41-35(27-49-3)37(29-18-10-7-11-19-29)51-39(47)34(15-5-2)42-40(48)50-26-28-16-8-6-9-17-28/h4-13,16-21,31,33-35,37,44H,1-2,14-15,22-27H2,3H3,(H,41,46)(H,42,48)/t31-,33-,34+,35-,37-/m0/s1. The second-order valence-electron chi connectivity index (χ2n) is 12.4. The van der Waals surface area contributed by atoms with E-state index >= 15 is 0 Å². The van der Waals surface area contributed by atoms with Crippen LogP contribution in [-0.4, -0.2) is 72.3 Å². The highest BCUT2D eigenvalue weighted by Crippen LogP contribution is 2.27. The number of rotatable bonds is 18. The maximum absolute atomic E-state index is 13.9. The molecular weight excluding hydrogens is 650 g/mol. The minimum atomic E-state index is -1.13. The highest BCUT2D eigenvalue weighted by Gasteiger charge is 2.35. The average Bonchev–Trinajstić information content (AvgIpc) is 3.15.